The van der Waals surface area contributed by atoms with Crippen LogP contribution in [0, 0.1) is 0 Å². The summed E-state index contributed by atoms with van der Waals surface area (Å²) in [5, 5.41) is 6.62. The predicted octanol–water partition coefficient (Wildman–Crippen LogP) is 5.24. The highest BCUT2D eigenvalue weighted by Gasteiger charge is 2.23. The van der Waals surface area contributed by atoms with Crippen LogP contribution >= 0.6 is 38.9 Å². The van der Waals surface area contributed by atoms with Crippen molar-refractivity contribution in [2.45, 2.75) is 31.2 Å². The number of rotatable bonds is 6. The fourth-order valence-electron chi connectivity index (χ4n) is 2.36. The molecule has 1 aliphatic rings. The number of nitrogens with one attached hydrogen (secondary N) is 1. The van der Waals surface area contributed by atoms with Gasteiger partial charge in [0.1, 0.15) is 0 Å². The Morgan fingerprint density at radius 2 is 2.20 bits per heavy atom. The fourth-order valence-corrected chi connectivity index (χ4v) is 4.15. The molecule has 0 aliphatic heterocycles. The first-order valence-corrected chi connectivity index (χ1v) is 8.98. The van der Waals surface area contributed by atoms with Crippen molar-refractivity contribution in [3.05, 3.63) is 55.6 Å². The van der Waals surface area contributed by atoms with Gasteiger partial charge in [-0.25, -0.2) is 0 Å². The van der Waals surface area contributed by atoms with Crippen molar-refractivity contribution in [1.29, 1.82) is 0 Å². The van der Waals surface area contributed by atoms with Crippen molar-refractivity contribution in [3.63, 3.8) is 0 Å². The lowest BCUT2D eigenvalue weighted by Gasteiger charge is -2.18. The summed E-state index contributed by atoms with van der Waals surface area (Å²) in [7, 11) is 0. The molecule has 1 aromatic carbocycles. The van der Waals surface area contributed by atoms with Crippen molar-refractivity contribution < 1.29 is 0 Å². The molecule has 4 heteroatoms. The topological polar surface area (TPSA) is 12.0 Å². The standard InChI is InChI=1S/C16H17BrClNS/c17-15-6-7-20-16(15)9-12(10-19-14-4-5-14)11-2-1-3-13(18)8-11/h1-3,6-8,12,14,19H,4-5,9-10H2. The molecule has 1 N–H and O–H groups in total. The lowest BCUT2D eigenvalue weighted by atomic mass is 9.95. The third-order valence-electron chi connectivity index (χ3n) is 3.67. The lowest BCUT2D eigenvalue weighted by molar-refractivity contribution is 0.579. The number of halogens is 2. The average molecular weight is 371 g/mol. The van der Waals surface area contributed by atoms with E-state index in [1.807, 2.05) is 23.5 Å². The molecule has 1 unspecified atom stereocenters. The zero-order valence-electron chi connectivity index (χ0n) is 11.1. The minimum Gasteiger partial charge on any atom is -0.313 e. The van der Waals surface area contributed by atoms with Crippen LogP contribution in [0.2, 0.25) is 5.02 Å². The van der Waals surface area contributed by atoms with Gasteiger partial charge in [-0.15, -0.1) is 11.3 Å². The average Bonchev–Trinajstić information content (AvgIpc) is 3.18. The molecule has 1 atom stereocenters. The minimum atomic E-state index is 0.476. The highest BCUT2D eigenvalue weighted by Crippen LogP contribution is 2.31. The molecule has 0 spiro atoms. The smallest absolute Gasteiger partial charge is 0.0408 e. The minimum absolute atomic E-state index is 0.476. The highest BCUT2D eigenvalue weighted by molar-refractivity contribution is 9.10. The summed E-state index contributed by atoms with van der Waals surface area (Å²) in [4.78, 5) is 1.41. The molecule has 1 fully saturated rings. The Morgan fingerprint density at radius 1 is 1.35 bits per heavy atom. The van der Waals surface area contributed by atoms with Crippen molar-refractivity contribution in [1.82, 2.24) is 5.32 Å². The number of benzene rings is 1. The Hall–Kier alpha value is -0.350. The summed E-state index contributed by atoms with van der Waals surface area (Å²) < 4.78 is 1.22. The predicted molar refractivity (Wildman–Crippen MR) is 90.9 cm³/mol. The van der Waals surface area contributed by atoms with Crippen LogP contribution in [0.1, 0.15) is 29.2 Å². The third kappa shape index (κ3) is 3.85. The van der Waals surface area contributed by atoms with Gasteiger partial charge in [0.25, 0.3) is 0 Å². The molecule has 1 aliphatic carbocycles. The largest absolute Gasteiger partial charge is 0.313 e. The van der Waals surface area contributed by atoms with E-state index in [1.54, 1.807) is 0 Å². The first-order chi connectivity index (χ1) is 9.72. The monoisotopic (exact) mass is 369 g/mol. The molecule has 3 rings (SSSR count). The van der Waals surface area contributed by atoms with E-state index in [1.165, 1.54) is 27.8 Å². The van der Waals surface area contributed by atoms with E-state index in [0.29, 0.717) is 5.92 Å². The van der Waals surface area contributed by atoms with Crippen molar-refractivity contribution in [2.24, 2.45) is 0 Å². The van der Waals surface area contributed by atoms with Crippen LogP contribution in [-0.2, 0) is 6.42 Å². The van der Waals surface area contributed by atoms with Crippen molar-refractivity contribution >= 4 is 38.9 Å². The molecule has 106 valence electrons. The van der Waals surface area contributed by atoms with Gasteiger partial charge in [0, 0.05) is 32.9 Å². The van der Waals surface area contributed by atoms with E-state index >= 15 is 0 Å². The zero-order chi connectivity index (χ0) is 13.9. The summed E-state index contributed by atoms with van der Waals surface area (Å²) in [5.41, 5.74) is 1.32. The second-order valence-electron chi connectivity index (χ2n) is 5.33. The highest BCUT2D eigenvalue weighted by atomic mass is 79.9. The molecule has 0 bridgehead atoms. The van der Waals surface area contributed by atoms with Crippen LogP contribution in [0.3, 0.4) is 0 Å². The Labute approximate surface area is 137 Å². The van der Waals surface area contributed by atoms with Crippen LogP contribution in [0.25, 0.3) is 0 Å². The third-order valence-corrected chi connectivity index (χ3v) is 5.86. The molecule has 1 aromatic heterocycles. The van der Waals surface area contributed by atoms with E-state index in [0.717, 1.165) is 24.0 Å². The second kappa shape index (κ2) is 6.61. The molecule has 0 radical (unpaired) electrons. The van der Waals surface area contributed by atoms with Crippen molar-refractivity contribution in [3.8, 4) is 0 Å². The Bertz CT molecular complexity index is 579. The van der Waals surface area contributed by atoms with Gasteiger partial charge in [0.15, 0.2) is 0 Å². The van der Waals surface area contributed by atoms with Crippen LogP contribution in [-0.4, -0.2) is 12.6 Å². The molecule has 20 heavy (non-hydrogen) atoms. The zero-order valence-corrected chi connectivity index (χ0v) is 14.3. The maximum Gasteiger partial charge on any atom is 0.0408 e. The first-order valence-electron chi connectivity index (χ1n) is 6.93. The van der Waals surface area contributed by atoms with Gasteiger partial charge in [0.2, 0.25) is 0 Å². The van der Waals surface area contributed by atoms with Gasteiger partial charge in [-0.3, -0.25) is 0 Å². The summed E-state index contributed by atoms with van der Waals surface area (Å²) in [6.07, 6.45) is 3.70. The molecule has 1 nitrogen and oxygen atoms in total. The van der Waals surface area contributed by atoms with E-state index in [-0.39, 0.29) is 0 Å². The Kier molecular flexibility index (Phi) is 4.82. The van der Waals surface area contributed by atoms with E-state index in [9.17, 15) is 0 Å². The fraction of sp³-hybridized carbons (Fsp3) is 0.375. The van der Waals surface area contributed by atoms with Crippen LogP contribution < -0.4 is 5.32 Å². The molecule has 0 saturated heterocycles. The maximum atomic E-state index is 6.15. The summed E-state index contributed by atoms with van der Waals surface area (Å²) in [6.45, 7) is 1.02. The Balaban J connectivity index is 1.77. The van der Waals surface area contributed by atoms with Gasteiger partial charge >= 0.3 is 0 Å². The van der Waals surface area contributed by atoms with Crippen LogP contribution in [0.5, 0.6) is 0 Å². The quantitative estimate of drug-likeness (QED) is 0.733. The van der Waals surface area contributed by atoms with Crippen molar-refractivity contribution in [2.75, 3.05) is 6.54 Å². The first kappa shape index (κ1) is 14.6. The molecular weight excluding hydrogens is 354 g/mol. The summed E-state index contributed by atoms with van der Waals surface area (Å²) in [5.74, 6) is 0.476. The molecule has 2 aromatic rings. The normalized spacial score (nSPS) is 16.3. The van der Waals surface area contributed by atoms with Gasteiger partial charge < -0.3 is 5.32 Å². The van der Waals surface area contributed by atoms with Gasteiger partial charge in [-0.05, 0) is 64.3 Å². The molecule has 0 amide bonds. The lowest BCUT2D eigenvalue weighted by Crippen LogP contribution is -2.24. The maximum absolute atomic E-state index is 6.15. The number of hydrogen-bond acceptors (Lipinski definition) is 2. The van der Waals surface area contributed by atoms with E-state index < -0.39 is 0 Å². The number of hydrogen-bond donors (Lipinski definition) is 1. The SMILES string of the molecule is Clc1cccc(C(CNC2CC2)Cc2sccc2Br)c1. The summed E-state index contributed by atoms with van der Waals surface area (Å²) in [6, 6.07) is 11.1. The Morgan fingerprint density at radius 3 is 2.85 bits per heavy atom. The molecular formula is C16H17BrClNS. The van der Waals surface area contributed by atoms with Crippen LogP contribution in [0.15, 0.2) is 40.2 Å². The second-order valence-corrected chi connectivity index (χ2v) is 7.62. The van der Waals surface area contributed by atoms with Gasteiger partial charge in [0.05, 0.1) is 0 Å². The van der Waals surface area contributed by atoms with E-state index in [2.05, 4.69) is 44.8 Å². The number of thiophene rings is 1. The van der Waals surface area contributed by atoms with E-state index in [4.69, 9.17) is 11.6 Å². The summed E-state index contributed by atoms with van der Waals surface area (Å²) >= 11 is 11.6. The molecule has 1 saturated carbocycles. The van der Waals surface area contributed by atoms with Gasteiger partial charge in [-0.2, -0.15) is 0 Å². The van der Waals surface area contributed by atoms with Crippen LogP contribution in [0.4, 0.5) is 0 Å². The molecule has 1 heterocycles. The van der Waals surface area contributed by atoms with Gasteiger partial charge in [-0.1, -0.05) is 23.7 Å².